The number of hydrogen-bond acceptors (Lipinski definition) is 4. The second-order valence-electron chi connectivity index (χ2n) is 4.89. The highest BCUT2D eigenvalue weighted by atomic mass is 16.5. The van der Waals surface area contributed by atoms with Crippen LogP contribution in [0.4, 0.5) is 0 Å². The molecule has 4 heteroatoms. The predicted molar refractivity (Wildman–Crippen MR) is 64.1 cm³/mol. The summed E-state index contributed by atoms with van der Waals surface area (Å²) in [6.07, 6.45) is 5.82. The molecule has 4 nitrogen and oxygen atoms in total. The maximum atomic E-state index is 11.7. The number of hydrogen-bond donors (Lipinski definition) is 1. The molecule has 1 fully saturated rings. The van der Waals surface area contributed by atoms with E-state index >= 15 is 0 Å². The third kappa shape index (κ3) is 4.49. The standard InChI is InChI=1S/C12H24N2O2/c1-14(2)8-9-16-12(15)11(13)10-6-4-3-5-7-10/h10-11H,3-9,13H2,1-2H3/t11-/m0/s1. The molecular formula is C12H24N2O2. The highest BCUT2D eigenvalue weighted by Gasteiger charge is 2.27. The molecule has 2 N–H and O–H groups in total. The van der Waals surface area contributed by atoms with Crippen LogP contribution in [0.5, 0.6) is 0 Å². The zero-order chi connectivity index (χ0) is 12.0. The minimum Gasteiger partial charge on any atom is -0.463 e. The summed E-state index contributed by atoms with van der Waals surface area (Å²) in [6, 6.07) is -0.414. The molecule has 1 saturated carbocycles. The van der Waals surface area contributed by atoms with Gasteiger partial charge in [-0.3, -0.25) is 4.79 Å². The zero-order valence-electron chi connectivity index (χ0n) is 10.4. The van der Waals surface area contributed by atoms with Crippen LogP contribution in [0.1, 0.15) is 32.1 Å². The van der Waals surface area contributed by atoms with Crippen molar-refractivity contribution in [3.63, 3.8) is 0 Å². The number of carbonyl (C=O) groups is 1. The predicted octanol–water partition coefficient (Wildman–Crippen LogP) is 0.999. The topological polar surface area (TPSA) is 55.6 Å². The van der Waals surface area contributed by atoms with Gasteiger partial charge in [0.1, 0.15) is 12.6 Å². The van der Waals surface area contributed by atoms with Crippen molar-refractivity contribution < 1.29 is 9.53 Å². The molecule has 0 aliphatic heterocycles. The van der Waals surface area contributed by atoms with Crippen molar-refractivity contribution in [1.29, 1.82) is 0 Å². The molecule has 1 atom stereocenters. The lowest BCUT2D eigenvalue weighted by Crippen LogP contribution is -2.41. The molecule has 0 radical (unpaired) electrons. The smallest absolute Gasteiger partial charge is 0.323 e. The largest absolute Gasteiger partial charge is 0.463 e. The van der Waals surface area contributed by atoms with Crippen LogP contribution >= 0.6 is 0 Å². The summed E-state index contributed by atoms with van der Waals surface area (Å²) >= 11 is 0. The van der Waals surface area contributed by atoms with Gasteiger partial charge in [-0.25, -0.2) is 0 Å². The van der Waals surface area contributed by atoms with Crippen molar-refractivity contribution in [3.05, 3.63) is 0 Å². The van der Waals surface area contributed by atoms with Gasteiger partial charge in [0.05, 0.1) is 0 Å². The van der Waals surface area contributed by atoms with Crippen LogP contribution in [0.3, 0.4) is 0 Å². The summed E-state index contributed by atoms with van der Waals surface area (Å²) < 4.78 is 5.16. The third-order valence-corrected chi connectivity index (χ3v) is 3.21. The van der Waals surface area contributed by atoms with Crippen LogP contribution in [0.15, 0.2) is 0 Å². The molecule has 0 bridgehead atoms. The lowest BCUT2D eigenvalue weighted by atomic mass is 9.84. The van der Waals surface area contributed by atoms with Gasteiger partial charge in [0.2, 0.25) is 0 Å². The lowest BCUT2D eigenvalue weighted by Gasteiger charge is -2.26. The van der Waals surface area contributed by atoms with Crippen molar-refractivity contribution in [2.75, 3.05) is 27.2 Å². The van der Waals surface area contributed by atoms with Gasteiger partial charge in [-0.2, -0.15) is 0 Å². The van der Waals surface area contributed by atoms with Gasteiger partial charge in [0.25, 0.3) is 0 Å². The van der Waals surface area contributed by atoms with Crippen molar-refractivity contribution in [1.82, 2.24) is 4.90 Å². The summed E-state index contributed by atoms with van der Waals surface area (Å²) in [7, 11) is 3.91. The Balaban J connectivity index is 2.23. The summed E-state index contributed by atoms with van der Waals surface area (Å²) in [5.41, 5.74) is 5.92. The number of nitrogens with two attached hydrogens (primary N) is 1. The number of likely N-dealkylation sites (N-methyl/N-ethyl adjacent to an activating group) is 1. The summed E-state index contributed by atoms with van der Waals surface area (Å²) in [6.45, 7) is 1.19. The van der Waals surface area contributed by atoms with E-state index in [0.29, 0.717) is 12.5 Å². The molecule has 0 unspecified atom stereocenters. The Morgan fingerprint density at radius 3 is 2.56 bits per heavy atom. The Morgan fingerprint density at radius 1 is 1.38 bits per heavy atom. The Kier molecular flexibility index (Phi) is 5.77. The fraction of sp³-hybridized carbons (Fsp3) is 0.917. The monoisotopic (exact) mass is 228 g/mol. The molecule has 1 rings (SSSR count). The zero-order valence-corrected chi connectivity index (χ0v) is 10.4. The van der Waals surface area contributed by atoms with Crippen LogP contribution < -0.4 is 5.73 Å². The first-order chi connectivity index (χ1) is 7.61. The Morgan fingerprint density at radius 2 is 2.00 bits per heavy atom. The van der Waals surface area contributed by atoms with E-state index in [1.54, 1.807) is 0 Å². The number of rotatable bonds is 5. The molecule has 1 aliphatic rings. The third-order valence-electron chi connectivity index (χ3n) is 3.21. The van der Waals surface area contributed by atoms with Crippen LogP contribution in [0.25, 0.3) is 0 Å². The van der Waals surface area contributed by atoms with Gasteiger partial charge >= 0.3 is 5.97 Å². The van der Waals surface area contributed by atoms with Gasteiger partial charge in [-0.15, -0.1) is 0 Å². The van der Waals surface area contributed by atoms with Crippen molar-refractivity contribution >= 4 is 5.97 Å². The number of carbonyl (C=O) groups excluding carboxylic acids is 1. The van der Waals surface area contributed by atoms with Crippen molar-refractivity contribution in [2.45, 2.75) is 38.1 Å². The molecule has 0 spiro atoms. The fourth-order valence-electron chi connectivity index (χ4n) is 2.11. The minimum absolute atomic E-state index is 0.228. The molecule has 0 aromatic heterocycles. The van der Waals surface area contributed by atoms with Crippen LogP contribution in [-0.2, 0) is 9.53 Å². The summed E-state index contributed by atoms with van der Waals surface area (Å²) in [5, 5.41) is 0. The average Bonchev–Trinajstić information content (AvgIpc) is 2.28. The van der Waals surface area contributed by atoms with Gasteiger partial charge < -0.3 is 15.4 Å². The van der Waals surface area contributed by atoms with E-state index in [0.717, 1.165) is 19.4 Å². The molecule has 0 aromatic rings. The van der Waals surface area contributed by atoms with Gasteiger partial charge in [0, 0.05) is 6.54 Å². The Labute approximate surface area is 98.1 Å². The van der Waals surface area contributed by atoms with Gasteiger partial charge in [0.15, 0.2) is 0 Å². The normalized spacial score (nSPS) is 19.8. The molecule has 0 heterocycles. The second kappa shape index (κ2) is 6.86. The van der Waals surface area contributed by atoms with E-state index in [4.69, 9.17) is 10.5 Å². The van der Waals surface area contributed by atoms with E-state index in [2.05, 4.69) is 0 Å². The molecule has 0 saturated heterocycles. The average molecular weight is 228 g/mol. The molecular weight excluding hydrogens is 204 g/mol. The summed E-state index contributed by atoms with van der Waals surface area (Å²) in [4.78, 5) is 13.6. The number of ether oxygens (including phenoxy) is 1. The highest BCUT2D eigenvalue weighted by Crippen LogP contribution is 2.25. The SMILES string of the molecule is CN(C)CCOC(=O)[C@@H](N)C1CCCCC1. The van der Waals surface area contributed by atoms with Crippen LogP contribution in [0, 0.1) is 5.92 Å². The maximum Gasteiger partial charge on any atom is 0.323 e. The first kappa shape index (κ1) is 13.5. The molecule has 0 amide bonds. The van der Waals surface area contributed by atoms with Crippen molar-refractivity contribution in [2.24, 2.45) is 11.7 Å². The maximum absolute atomic E-state index is 11.7. The molecule has 94 valence electrons. The summed E-state index contributed by atoms with van der Waals surface area (Å²) in [5.74, 6) is 0.106. The van der Waals surface area contributed by atoms with E-state index in [1.807, 2.05) is 19.0 Å². The second-order valence-corrected chi connectivity index (χ2v) is 4.89. The number of esters is 1. The molecule has 0 aromatic carbocycles. The number of nitrogens with zero attached hydrogens (tertiary/aromatic N) is 1. The first-order valence-electron chi connectivity index (χ1n) is 6.18. The van der Waals surface area contributed by atoms with Crippen LogP contribution in [0.2, 0.25) is 0 Å². The fourth-order valence-corrected chi connectivity index (χ4v) is 2.11. The van der Waals surface area contributed by atoms with E-state index in [9.17, 15) is 4.79 Å². The van der Waals surface area contributed by atoms with Gasteiger partial charge in [-0.05, 0) is 32.9 Å². The quantitative estimate of drug-likeness (QED) is 0.713. The van der Waals surface area contributed by atoms with Gasteiger partial charge in [-0.1, -0.05) is 19.3 Å². The molecule has 1 aliphatic carbocycles. The molecule has 16 heavy (non-hydrogen) atoms. The minimum atomic E-state index is -0.414. The Bertz CT molecular complexity index is 213. The van der Waals surface area contributed by atoms with E-state index in [1.165, 1.54) is 19.3 Å². The first-order valence-corrected chi connectivity index (χ1v) is 6.18. The van der Waals surface area contributed by atoms with E-state index in [-0.39, 0.29) is 5.97 Å². The highest BCUT2D eigenvalue weighted by molar-refractivity contribution is 5.75. The van der Waals surface area contributed by atoms with E-state index < -0.39 is 6.04 Å². The lowest BCUT2D eigenvalue weighted by molar-refractivity contribution is -0.147. The Hall–Kier alpha value is -0.610. The van der Waals surface area contributed by atoms with Crippen molar-refractivity contribution in [3.8, 4) is 0 Å². The van der Waals surface area contributed by atoms with Crippen LogP contribution in [-0.4, -0.2) is 44.2 Å².